The molecule has 2 rings (SSSR count). The molecule has 0 aliphatic carbocycles. The Hall–Kier alpha value is -2.60. The van der Waals surface area contributed by atoms with Crippen LogP contribution in [0.25, 0.3) is 0 Å². The number of ether oxygens (including phenoxy) is 3. The molecular weight excluding hydrogens is 392 g/mol. The van der Waals surface area contributed by atoms with Crippen LogP contribution in [-0.4, -0.2) is 36.4 Å². The van der Waals surface area contributed by atoms with Crippen molar-refractivity contribution in [1.29, 1.82) is 0 Å². The molecule has 6 nitrogen and oxygen atoms in total. The average Bonchev–Trinajstić information content (AvgIpc) is 2.73. The molecule has 1 atom stereocenters. The maximum atomic E-state index is 11.8. The summed E-state index contributed by atoms with van der Waals surface area (Å²) in [5.41, 5.74) is 2.82. The summed E-state index contributed by atoms with van der Waals surface area (Å²) in [4.78, 5) is 16.3. The highest BCUT2D eigenvalue weighted by molar-refractivity contribution is 5.67. The van der Waals surface area contributed by atoms with E-state index in [-0.39, 0.29) is 6.10 Å². The van der Waals surface area contributed by atoms with E-state index in [2.05, 4.69) is 29.4 Å². The Morgan fingerprint density at radius 3 is 2.42 bits per heavy atom. The molecule has 0 bridgehead atoms. The van der Waals surface area contributed by atoms with E-state index in [9.17, 15) is 4.79 Å². The first kappa shape index (κ1) is 24.7. The maximum absolute atomic E-state index is 11.8. The normalized spacial score (nSPS) is 12.3. The van der Waals surface area contributed by atoms with Crippen molar-refractivity contribution in [3.05, 3.63) is 59.4 Å². The van der Waals surface area contributed by atoms with E-state index in [0.29, 0.717) is 26.2 Å². The van der Waals surface area contributed by atoms with Gasteiger partial charge in [-0.1, -0.05) is 25.1 Å². The highest BCUT2D eigenvalue weighted by Crippen LogP contribution is 2.23. The summed E-state index contributed by atoms with van der Waals surface area (Å²) in [5.74, 6) is 0.816. The second-order valence-corrected chi connectivity index (χ2v) is 8.34. The fraction of sp³-hybridized carbons (Fsp3) is 0.520. The summed E-state index contributed by atoms with van der Waals surface area (Å²) in [6, 6.07) is 12.1. The Labute approximate surface area is 186 Å². The molecule has 0 aliphatic heterocycles. The first-order valence-electron chi connectivity index (χ1n) is 11.1. The number of nitrogens with zero attached hydrogens (tertiary/aromatic N) is 1. The number of aryl methyl sites for hydroxylation is 1. The second kappa shape index (κ2) is 12.3. The van der Waals surface area contributed by atoms with Crippen molar-refractivity contribution in [2.45, 2.75) is 65.6 Å². The van der Waals surface area contributed by atoms with Gasteiger partial charge in [0.15, 0.2) is 0 Å². The van der Waals surface area contributed by atoms with Gasteiger partial charge in [-0.2, -0.15) is 0 Å². The number of nitrogens with one attached hydrogen (secondary N) is 1. The zero-order chi connectivity index (χ0) is 22.7. The minimum atomic E-state index is -0.506. The Morgan fingerprint density at radius 2 is 1.84 bits per heavy atom. The second-order valence-electron chi connectivity index (χ2n) is 8.34. The van der Waals surface area contributed by atoms with E-state index in [1.54, 1.807) is 0 Å². The van der Waals surface area contributed by atoms with Crippen molar-refractivity contribution in [3.63, 3.8) is 0 Å². The molecule has 1 aromatic heterocycles. The van der Waals surface area contributed by atoms with Gasteiger partial charge in [0.2, 0.25) is 0 Å². The summed E-state index contributed by atoms with van der Waals surface area (Å²) in [6.45, 7) is 11.3. The van der Waals surface area contributed by atoms with Crippen molar-refractivity contribution < 1.29 is 19.0 Å². The fourth-order valence-electron chi connectivity index (χ4n) is 3.03. The van der Waals surface area contributed by atoms with E-state index < -0.39 is 11.7 Å². The van der Waals surface area contributed by atoms with Crippen LogP contribution in [0.2, 0.25) is 0 Å². The van der Waals surface area contributed by atoms with Crippen molar-refractivity contribution in [1.82, 2.24) is 10.3 Å². The van der Waals surface area contributed by atoms with Gasteiger partial charge in [0.25, 0.3) is 0 Å². The molecular formula is C25H36N2O4. The highest BCUT2D eigenvalue weighted by atomic mass is 16.6. The lowest BCUT2D eigenvalue weighted by Gasteiger charge is -2.21. The SMILES string of the molecule is CCOC(CCNC(=O)OC(C)(C)C)c1ccc(OCCc2ccc(CC)cn2)cc1. The van der Waals surface area contributed by atoms with Crippen molar-refractivity contribution >= 4 is 6.09 Å². The predicted octanol–water partition coefficient (Wildman–Crippen LogP) is 5.26. The van der Waals surface area contributed by atoms with Crippen LogP contribution in [0.5, 0.6) is 5.75 Å². The summed E-state index contributed by atoms with van der Waals surface area (Å²) in [6.07, 6.45) is 3.84. The van der Waals surface area contributed by atoms with Gasteiger partial charge in [0.1, 0.15) is 11.4 Å². The number of pyridine rings is 1. The van der Waals surface area contributed by atoms with E-state index in [1.807, 2.05) is 58.2 Å². The van der Waals surface area contributed by atoms with Crippen molar-refractivity contribution in [2.24, 2.45) is 0 Å². The molecule has 2 aromatic rings. The fourth-order valence-corrected chi connectivity index (χ4v) is 3.03. The number of hydrogen-bond acceptors (Lipinski definition) is 5. The summed E-state index contributed by atoms with van der Waals surface area (Å²) in [5, 5.41) is 2.79. The number of rotatable bonds is 11. The first-order chi connectivity index (χ1) is 14.8. The van der Waals surface area contributed by atoms with Crippen LogP contribution in [0.3, 0.4) is 0 Å². The summed E-state index contributed by atoms with van der Waals surface area (Å²) < 4.78 is 17.0. The minimum Gasteiger partial charge on any atom is -0.493 e. The summed E-state index contributed by atoms with van der Waals surface area (Å²) >= 11 is 0. The molecule has 0 radical (unpaired) electrons. The van der Waals surface area contributed by atoms with Gasteiger partial charge in [0, 0.05) is 31.5 Å². The molecule has 1 N–H and O–H groups in total. The van der Waals surface area contributed by atoms with Crippen LogP contribution in [-0.2, 0) is 22.3 Å². The van der Waals surface area contributed by atoms with Crippen LogP contribution >= 0.6 is 0 Å². The average molecular weight is 429 g/mol. The molecule has 6 heteroatoms. The van der Waals surface area contributed by atoms with Gasteiger partial charge in [-0.25, -0.2) is 4.79 Å². The number of alkyl carbamates (subject to hydrolysis) is 1. The van der Waals surface area contributed by atoms with E-state index in [1.165, 1.54) is 5.56 Å². The van der Waals surface area contributed by atoms with Crippen LogP contribution in [0.15, 0.2) is 42.6 Å². The lowest BCUT2D eigenvalue weighted by molar-refractivity contribution is 0.0448. The van der Waals surface area contributed by atoms with Gasteiger partial charge in [0.05, 0.1) is 12.7 Å². The largest absolute Gasteiger partial charge is 0.493 e. The van der Waals surface area contributed by atoms with Crippen LogP contribution in [0, 0.1) is 0 Å². The maximum Gasteiger partial charge on any atom is 0.407 e. The Morgan fingerprint density at radius 1 is 1.10 bits per heavy atom. The molecule has 0 spiro atoms. The molecule has 1 aromatic carbocycles. The lowest BCUT2D eigenvalue weighted by Crippen LogP contribution is -2.33. The molecule has 0 saturated carbocycles. The molecule has 31 heavy (non-hydrogen) atoms. The molecule has 0 saturated heterocycles. The van der Waals surface area contributed by atoms with E-state index in [4.69, 9.17) is 14.2 Å². The highest BCUT2D eigenvalue weighted by Gasteiger charge is 2.17. The number of aromatic nitrogens is 1. The minimum absolute atomic E-state index is 0.102. The number of carbonyl (C=O) groups excluding carboxylic acids is 1. The third-order valence-electron chi connectivity index (χ3n) is 4.62. The quantitative estimate of drug-likeness (QED) is 0.529. The number of carbonyl (C=O) groups is 1. The van der Waals surface area contributed by atoms with Crippen LogP contribution in [0.4, 0.5) is 4.79 Å². The molecule has 0 fully saturated rings. The van der Waals surface area contributed by atoms with Gasteiger partial charge < -0.3 is 19.5 Å². The Bertz CT molecular complexity index is 783. The third kappa shape index (κ3) is 9.39. The van der Waals surface area contributed by atoms with Crippen LogP contribution in [0.1, 0.15) is 64.0 Å². The van der Waals surface area contributed by atoms with Crippen LogP contribution < -0.4 is 10.1 Å². The van der Waals surface area contributed by atoms with Gasteiger partial charge in [-0.3, -0.25) is 4.98 Å². The zero-order valence-corrected chi connectivity index (χ0v) is 19.4. The standard InChI is InChI=1S/C25H36N2O4/c1-6-19-8-11-21(27-18-19)15-17-30-22-12-9-20(10-13-22)23(29-7-2)14-16-26-24(28)31-25(3,4)5/h8-13,18,23H,6-7,14-17H2,1-5H3,(H,26,28). The van der Waals surface area contributed by atoms with Gasteiger partial charge >= 0.3 is 6.09 Å². The summed E-state index contributed by atoms with van der Waals surface area (Å²) in [7, 11) is 0. The Kier molecular flexibility index (Phi) is 9.79. The van der Waals surface area contributed by atoms with E-state index >= 15 is 0 Å². The number of hydrogen-bond donors (Lipinski definition) is 1. The smallest absolute Gasteiger partial charge is 0.407 e. The van der Waals surface area contributed by atoms with Crippen molar-refractivity contribution in [3.8, 4) is 5.75 Å². The van der Waals surface area contributed by atoms with Gasteiger partial charge in [-0.05, 0) is 69.9 Å². The zero-order valence-electron chi connectivity index (χ0n) is 19.4. The number of amides is 1. The lowest BCUT2D eigenvalue weighted by atomic mass is 10.1. The molecule has 170 valence electrons. The first-order valence-corrected chi connectivity index (χ1v) is 11.1. The molecule has 1 amide bonds. The van der Waals surface area contributed by atoms with Crippen molar-refractivity contribution in [2.75, 3.05) is 19.8 Å². The Balaban J connectivity index is 1.81. The predicted molar refractivity (Wildman–Crippen MR) is 122 cm³/mol. The third-order valence-corrected chi connectivity index (χ3v) is 4.62. The molecule has 1 heterocycles. The monoisotopic (exact) mass is 428 g/mol. The topological polar surface area (TPSA) is 69.7 Å². The molecule has 0 aliphatic rings. The molecule has 1 unspecified atom stereocenters. The van der Waals surface area contributed by atoms with E-state index in [0.717, 1.165) is 29.8 Å². The number of benzene rings is 1. The van der Waals surface area contributed by atoms with Gasteiger partial charge in [-0.15, -0.1) is 0 Å².